The van der Waals surface area contributed by atoms with Crippen LogP contribution in [0.15, 0.2) is 83.7 Å². The topological polar surface area (TPSA) is 94.6 Å². The molecule has 1 atom stereocenters. The Labute approximate surface area is 186 Å². The monoisotopic (exact) mass is 430 g/mol. The van der Waals surface area contributed by atoms with Crippen LogP contribution in [0.1, 0.15) is 22.8 Å². The number of hydrogen-bond donors (Lipinski definition) is 4. The van der Waals surface area contributed by atoms with Crippen LogP contribution in [0.5, 0.6) is 11.5 Å². The van der Waals surface area contributed by atoms with Gasteiger partial charge in [-0.05, 0) is 53.9 Å². The smallest absolute Gasteiger partial charge is 0.248 e. The highest BCUT2D eigenvalue weighted by molar-refractivity contribution is 5.87. The number of aromatic amines is 1. The molecule has 1 aromatic heterocycles. The Kier molecular flexibility index (Phi) is 6.84. The first kappa shape index (κ1) is 21.6. The molecule has 0 saturated carbocycles. The van der Waals surface area contributed by atoms with Crippen LogP contribution in [0.3, 0.4) is 0 Å². The summed E-state index contributed by atoms with van der Waals surface area (Å²) in [5.41, 5.74) is 2.99. The van der Waals surface area contributed by atoms with Crippen LogP contribution in [0.2, 0.25) is 0 Å². The van der Waals surface area contributed by atoms with Gasteiger partial charge in [0.25, 0.3) is 0 Å². The third-order valence-electron chi connectivity index (χ3n) is 5.33. The van der Waals surface area contributed by atoms with Gasteiger partial charge in [0.15, 0.2) is 0 Å². The van der Waals surface area contributed by atoms with Crippen molar-refractivity contribution in [1.82, 2.24) is 10.3 Å². The molecule has 6 heteroatoms. The summed E-state index contributed by atoms with van der Waals surface area (Å²) in [6, 6.07) is 24.2. The number of aromatic hydroxyl groups is 1. The molecule has 1 heterocycles. The second-order valence-electron chi connectivity index (χ2n) is 7.68. The molecule has 0 aliphatic rings. The molecule has 0 aliphatic heterocycles. The zero-order valence-corrected chi connectivity index (χ0v) is 17.6. The summed E-state index contributed by atoms with van der Waals surface area (Å²) in [6.07, 6.45) is 0.0461. The van der Waals surface area contributed by atoms with Gasteiger partial charge in [-0.1, -0.05) is 48.5 Å². The number of phenolic OH excluding ortho intramolecular Hbond substituents is 1. The third kappa shape index (κ3) is 5.35. The van der Waals surface area contributed by atoms with Crippen LogP contribution >= 0.6 is 0 Å². The van der Waals surface area contributed by atoms with Gasteiger partial charge in [-0.2, -0.15) is 0 Å². The number of aliphatic hydroxyl groups excluding tert-OH is 1. The van der Waals surface area contributed by atoms with Crippen molar-refractivity contribution in [3.8, 4) is 11.5 Å². The lowest BCUT2D eigenvalue weighted by atomic mass is 10.0. The molecule has 0 fully saturated rings. The van der Waals surface area contributed by atoms with Crippen molar-refractivity contribution in [1.29, 1.82) is 0 Å². The molecule has 3 aromatic carbocycles. The van der Waals surface area contributed by atoms with Crippen molar-refractivity contribution in [3.05, 3.63) is 106 Å². The Bertz CT molecular complexity index is 1240. The summed E-state index contributed by atoms with van der Waals surface area (Å²) in [5.74, 6) is 0.831. The van der Waals surface area contributed by atoms with E-state index in [0.29, 0.717) is 36.2 Å². The number of hydrogen-bond acceptors (Lipinski definition) is 5. The number of ether oxygens (including phenoxy) is 1. The van der Waals surface area contributed by atoms with E-state index >= 15 is 0 Å². The number of rotatable bonds is 9. The standard InChI is InChI=1S/C26H26N2O4/c29-23-11-9-21(22-10-12-25(31)28-26(22)23)24(30)16-27-14-13-18-5-4-6-19(15-18)17-32-20-7-2-1-3-8-20/h1-12,15,24,27,29-30H,13-14,16-17H2,(H,28,31)/t24-/m0/s1. The fourth-order valence-electron chi connectivity index (χ4n) is 3.69. The van der Waals surface area contributed by atoms with Crippen molar-refractivity contribution in [2.24, 2.45) is 0 Å². The maximum atomic E-state index is 11.6. The van der Waals surface area contributed by atoms with E-state index in [1.54, 1.807) is 12.1 Å². The van der Waals surface area contributed by atoms with E-state index in [4.69, 9.17) is 4.74 Å². The molecule has 4 rings (SSSR count). The molecule has 6 nitrogen and oxygen atoms in total. The number of fused-ring (bicyclic) bond motifs is 1. The third-order valence-corrected chi connectivity index (χ3v) is 5.33. The molecule has 4 N–H and O–H groups in total. The van der Waals surface area contributed by atoms with Crippen LogP contribution in [0.4, 0.5) is 0 Å². The fourth-order valence-corrected chi connectivity index (χ4v) is 3.69. The largest absolute Gasteiger partial charge is 0.506 e. The van der Waals surface area contributed by atoms with E-state index in [9.17, 15) is 15.0 Å². The molecule has 0 bridgehead atoms. The lowest BCUT2D eigenvalue weighted by Gasteiger charge is -2.15. The highest BCUT2D eigenvalue weighted by atomic mass is 16.5. The van der Waals surface area contributed by atoms with Crippen LogP contribution in [-0.4, -0.2) is 28.3 Å². The average Bonchev–Trinajstić information content (AvgIpc) is 2.82. The number of aromatic nitrogens is 1. The van der Waals surface area contributed by atoms with E-state index in [-0.39, 0.29) is 11.3 Å². The quantitative estimate of drug-likeness (QED) is 0.304. The number of aliphatic hydroxyl groups is 1. The van der Waals surface area contributed by atoms with E-state index in [1.165, 1.54) is 17.7 Å². The molecule has 0 spiro atoms. The highest BCUT2D eigenvalue weighted by Gasteiger charge is 2.13. The van der Waals surface area contributed by atoms with Crippen molar-refractivity contribution in [2.75, 3.05) is 13.1 Å². The highest BCUT2D eigenvalue weighted by Crippen LogP contribution is 2.28. The summed E-state index contributed by atoms with van der Waals surface area (Å²) >= 11 is 0. The first-order valence-electron chi connectivity index (χ1n) is 10.6. The zero-order chi connectivity index (χ0) is 22.3. The van der Waals surface area contributed by atoms with Gasteiger partial charge >= 0.3 is 0 Å². The number of benzene rings is 3. The second kappa shape index (κ2) is 10.1. The Hall–Kier alpha value is -3.61. The fraction of sp³-hybridized carbons (Fsp3) is 0.192. The normalized spacial score (nSPS) is 12.0. The first-order chi connectivity index (χ1) is 15.6. The molecule has 0 unspecified atom stereocenters. The molecule has 0 amide bonds. The molecule has 4 aromatic rings. The van der Waals surface area contributed by atoms with E-state index in [2.05, 4.69) is 22.4 Å². The summed E-state index contributed by atoms with van der Waals surface area (Å²) in [4.78, 5) is 14.2. The predicted octanol–water partition coefficient (Wildman–Crippen LogP) is 3.68. The number of pyridine rings is 1. The van der Waals surface area contributed by atoms with E-state index < -0.39 is 6.10 Å². The van der Waals surface area contributed by atoms with Crippen molar-refractivity contribution in [2.45, 2.75) is 19.1 Å². The maximum Gasteiger partial charge on any atom is 0.248 e. The van der Waals surface area contributed by atoms with Crippen molar-refractivity contribution >= 4 is 10.9 Å². The Morgan fingerprint density at radius 1 is 0.938 bits per heavy atom. The summed E-state index contributed by atoms with van der Waals surface area (Å²) in [6.45, 7) is 1.57. The lowest BCUT2D eigenvalue weighted by molar-refractivity contribution is 0.176. The van der Waals surface area contributed by atoms with Crippen LogP contribution in [-0.2, 0) is 13.0 Å². The summed E-state index contributed by atoms with van der Waals surface area (Å²) in [5, 5.41) is 24.6. The van der Waals surface area contributed by atoms with Gasteiger partial charge in [0, 0.05) is 18.0 Å². The predicted molar refractivity (Wildman–Crippen MR) is 125 cm³/mol. The minimum Gasteiger partial charge on any atom is -0.506 e. The van der Waals surface area contributed by atoms with Gasteiger partial charge in [-0.25, -0.2) is 0 Å². The minimum atomic E-state index is -0.769. The minimum absolute atomic E-state index is 0.0160. The first-order valence-corrected chi connectivity index (χ1v) is 10.6. The maximum absolute atomic E-state index is 11.6. The second-order valence-corrected chi connectivity index (χ2v) is 7.68. The van der Waals surface area contributed by atoms with Crippen LogP contribution in [0.25, 0.3) is 10.9 Å². The van der Waals surface area contributed by atoms with Crippen LogP contribution < -0.4 is 15.6 Å². The van der Waals surface area contributed by atoms with E-state index in [0.717, 1.165) is 17.7 Å². The molecule has 32 heavy (non-hydrogen) atoms. The zero-order valence-electron chi connectivity index (χ0n) is 17.6. The lowest BCUT2D eigenvalue weighted by Crippen LogP contribution is -2.24. The van der Waals surface area contributed by atoms with Gasteiger partial charge in [-0.3, -0.25) is 4.79 Å². The van der Waals surface area contributed by atoms with E-state index in [1.807, 2.05) is 42.5 Å². The average molecular weight is 431 g/mol. The Morgan fingerprint density at radius 3 is 2.59 bits per heavy atom. The Balaban J connectivity index is 1.30. The number of H-pyrrole nitrogens is 1. The molecule has 164 valence electrons. The molecule has 0 radical (unpaired) electrons. The number of nitrogens with one attached hydrogen (secondary N) is 2. The number of para-hydroxylation sites is 1. The van der Waals surface area contributed by atoms with Gasteiger partial charge in [-0.15, -0.1) is 0 Å². The molecular formula is C26H26N2O4. The van der Waals surface area contributed by atoms with Gasteiger partial charge in [0.05, 0.1) is 11.6 Å². The summed E-state index contributed by atoms with van der Waals surface area (Å²) in [7, 11) is 0. The van der Waals surface area contributed by atoms with Crippen molar-refractivity contribution in [3.63, 3.8) is 0 Å². The molecule has 0 saturated heterocycles. The number of phenols is 1. The van der Waals surface area contributed by atoms with Gasteiger partial charge < -0.3 is 25.3 Å². The Morgan fingerprint density at radius 2 is 1.75 bits per heavy atom. The van der Waals surface area contributed by atoms with Crippen LogP contribution in [0, 0.1) is 0 Å². The molecule has 0 aliphatic carbocycles. The van der Waals surface area contributed by atoms with Crippen molar-refractivity contribution < 1.29 is 14.9 Å². The summed E-state index contributed by atoms with van der Waals surface area (Å²) < 4.78 is 5.82. The molecular weight excluding hydrogens is 404 g/mol. The van der Waals surface area contributed by atoms with Gasteiger partial charge in [0.2, 0.25) is 5.56 Å². The SMILES string of the molecule is O=c1ccc2c([C@@H](O)CNCCc3cccc(COc4ccccc4)c3)ccc(O)c2[nH]1. The van der Waals surface area contributed by atoms with Gasteiger partial charge in [0.1, 0.15) is 18.1 Å².